The molecule has 0 nitrogen and oxygen atoms in total. The Bertz CT molecular complexity index is 152. The molecule has 0 amide bonds. The van der Waals surface area contributed by atoms with Gasteiger partial charge >= 0.3 is 0 Å². The van der Waals surface area contributed by atoms with E-state index in [0.29, 0.717) is 5.92 Å². The van der Waals surface area contributed by atoms with Crippen LogP contribution in [0.1, 0.15) is 25.7 Å². The van der Waals surface area contributed by atoms with Crippen molar-refractivity contribution in [2.45, 2.75) is 25.7 Å². The van der Waals surface area contributed by atoms with Crippen LogP contribution in [0.25, 0.3) is 0 Å². The second-order valence-corrected chi connectivity index (χ2v) is 3.90. The van der Waals surface area contributed by atoms with Gasteiger partial charge in [-0.1, -0.05) is 18.2 Å². The quantitative estimate of drug-likeness (QED) is 0.451. The first kappa shape index (κ1) is 9.85. The zero-order valence-electron chi connectivity index (χ0n) is 7.51. The monoisotopic (exact) mass is 184 g/mol. The van der Waals surface area contributed by atoms with Crippen LogP contribution in [0, 0.1) is 11.8 Å². The van der Waals surface area contributed by atoms with E-state index in [4.69, 9.17) is 11.6 Å². The zero-order valence-corrected chi connectivity index (χ0v) is 8.26. The number of halogens is 1. The lowest BCUT2D eigenvalue weighted by Gasteiger charge is -2.16. The average Bonchev–Trinajstić information content (AvgIpc) is 2.56. The molecule has 0 aromatic carbocycles. The molecule has 1 atom stereocenters. The van der Waals surface area contributed by atoms with Gasteiger partial charge in [0.2, 0.25) is 0 Å². The molecule has 12 heavy (non-hydrogen) atoms. The summed E-state index contributed by atoms with van der Waals surface area (Å²) < 4.78 is 0. The molecule has 0 bridgehead atoms. The van der Waals surface area contributed by atoms with Crippen molar-refractivity contribution in [1.82, 2.24) is 0 Å². The van der Waals surface area contributed by atoms with Gasteiger partial charge in [-0.3, -0.25) is 0 Å². The fourth-order valence-electron chi connectivity index (χ4n) is 1.80. The van der Waals surface area contributed by atoms with Gasteiger partial charge in [0, 0.05) is 5.88 Å². The van der Waals surface area contributed by atoms with E-state index < -0.39 is 0 Å². The van der Waals surface area contributed by atoms with Crippen molar-refractivity contribution in [3.63, 3.8) is 0 Å². The van der Waals surface area contributed by atoms with Crippen molar-refractivity contribution in [3.8, 4) is 0 Å². The molecule has 0 heterocycles. The highest BCUT2D eigenvalue weighted by Gasteiger charge is 2.15. The summed E-state index contributed by atoms with van der Waals surface area (Å²) in [5.41, 5.74) is 0. The summed E-state index contributed by atoms with van der Waals surface area (Å²) in [5, 5.41) is 0. The van der Waals surface area contributed by atoms with Crippen molar-refractivity contribution in [2.75, 3.05) is 5.88 Å². The van der Waals surface area contributed by atoms with E-state index in [9.17, 15) is 0 Å². The fourth-order valence-corrected chi connectivity index (χ4v) is 2.05. The summed E-state index contributed by atoms with van der Waals surface area (Å²) in [5.74, 6) is 2.28. The molecular weight excluding hydrogens is 168 g/mol. The highest BCUT2D eigenvalue weighted by atomic mass is 35.5. The third-order valence-corrected chi connectivity index (χ3v) is 2.93. The zero-order chi connectivity index (χ0) is 8.81. The Labute approximate surface area is 80.3 Å². The second-order valence-electron chi connectivity index (χ2n) is 3.59. The van der Waals surface area contributed by atoms with Crippen molar-refractivity contribution >= 4 is 11.6 Å². The normalized spacial score (nSPS) is 19.8. The van der Waals surface area contributed by atoms with E-state index in [1.54, 1.807) is 0 Å². The molecule has 0 radical (unpaired) electrons. The molecular formula is C11H17Cl. The summed E-state index contributed by atoms with van der Waals surface area (Å²) in [7, 11) is 0. The number of hydrogen-bond acceptors (Lipinski definition) is 0. The second kappa shape index (κ2) is 5.42. The molecule has 1 aliphatic carbocycles. The maximum absolute atomic E-state index is 5.86. The Hall–Kier alpha value is -0.230. The lowest BCUT2D eigenvalue weighted by molar-refractivity contribution is 0.413. The molecule has 1 aliphatic rings. The van der Waals surface area contributed by atoms with Crippen molar-refractivity contribution < 1.29 is 0 Å². The van der Waals surface area contributed by atoms with Gasteiger partial charge in [-0.05, 0) is 37.5 Å². The molecule has 0 aromatic rings. The summed E-state index contributed by atoms with van der Waals surface area (Å²) in [6.45, 7) is 3.75. The molecule has 0 spiro atoms. The predicted molar refractivity (Wildman–Crippen MR) is 55.5 cm³/mol. The van der Waals surface area contributed by atoms with Gasteiger partial charge in [-0.2, -0.15) is 0 Å². The molecule has 1 unspecified atom stereocenters. The average molecular weight is 185 g/mol. The lowest BCUT2D eigenvalue weighted by atomic mass is 9.92. The Morgan fingerprint density at radius 2 is 2.17 bits per heavy atom. The smallest absolute Gasteiger partial charge is 0.0254 e. The van der Waals surface area contributed by atoms with Gasteiger partial charge in [-0.25, -0.2) is 0 Å². The first-order valence-electron chi connectivity index (χ1n) is 4.68. The molecule has 0 fully saturated rings. The predicted octanol–water partition coefficient (Wildman–Crippen LogP) is 3.77. The number of hydrogen-bond donors (Lipinski definition) is 0. The standard InChI is InChI=1S/C11H17Cl/c1-2-5-11(9-12)8-10-6-3-4-7-10/h2-4,10-11H,1,5-9H2. The van der Waals surface area contributed by atoms with Gasteiger partial charge in [0.15, 0.2) is 0 Å². The van der Waals surface area contributed by atoms with E-state index in [2.05, 4.69) is 18.7 Å². The van der Waals surface area contributed by atoms with E-state index in [0.717, 1.165) is 18.2 Å². The Balaban J connectivity index is 2.21. The minimum Gasteiger partial charge on any atom is -0.126 e. The molecule has 0 saturated carbocycles. The Kier molecular flexibility index (Phi) is 4.45. The summed E-state index contributed by atoms with van der Waals surface area (Å²) >= 11 is 5.86. The van der Waals surface area contributed by atoms with Crippen LogP contribution in [0.5, 0.6) is 0 Å². The number of alkyl halides is 1. The van der Waals surface area contributed by atoms with Crippen molar-refractivity contribution in [3.05, 3.63) is 24.8 Å². The van der Waals surface area contributed by atoms with E-state index in [1.165, 1.54) is 19.3 Å². The first-order valence-corrected chi connectivity index (χ1v) is 5.22. The molecule has 0 N–H and O–H groups in total. The van der Waals surface area contributed by atoms with Crippen LogP contribution in [-0.2, 0) is 0 Å². The Morgan fingerprint density at radius 1 is 1.50 bits per heavy atom. The summed E-state index contributed by atoms with van der Waals surface area (Å²) in [6.07, 6.45) is 11.4. The van der Waals surface area contributed by atoms with Crippen LogP contribution in [0.15, 0.2) is 24.8 Å². The third-order valence-electron chi connectivity index (χ3n) is 2.49. The largest absolute Gasteiger partial charge is 0.126 e. The number of allylic oxidation sites excluding steroid dienone is 3. The van der Waals surface area contributed by atoms with Gasteiger partial charge in [0.05, 0.1) is 0 Å². The molecule has 0 aliphatic heterocycles. The van der Waals surface area contributed by atoms with E-state index in [-0.39, 0.29) is 0 Å². The minimum atomic E-state index is 0.647. The third kappa shape index (κ3) is 3.02. The van der Waals surface area contributed by atoms with Crippen LogP contribution in [0.4, 0.5) is 0 Å². The molecule has 0 aromatic heterocycles. The molecule has 1 rings (SSSR count). The topological polar surface area (TPSA) is 0 Å². The fraction of sp³-hybridized carbons (Fsp3) is 0.636. The van der Waals surface area contributed by atoms with Crippen LogP contribution < -0.4 is 0 Å². The number of rotatable bonds is 5. The maximum atomic E-state index is 5.86. The lowest BCUT2D eigenvalue weighted by Crippen LogP contribution is -2.07. The van der Waals surface area contributed by atoms with E-state index >= 15 is 0 Å². The van der Waals surface area contributed by atoms with Gasteiger partial charge in [-0.15, -0.1) is 18.2 Å². The van der Waals surface area contributed by atoms with Crippen LogP contribution >= 0.6 is 11.6 Å². The van der Waals surface area contributed by atoms with Crippen molar-refractivity contribution in [2.24, 2.45) is 11.8 Å². The molecule has 0 saturated heterocycles. The first-order chi connectivity index (χ1) is 5.86. The SMILES string of the molecule is C=CCC(CCl)CC1CC=CC1. The Morgan fingerprint density at radius 3 is 2.67 bits per heavy atom. The van der Waals surface area contributed by atoms with Gasteiger partial charge < -0.3 is 0 Å². The summed E-state index contributed by atoms with van der Waals surface area (Å²) in [6, 6.07) is 0. The van der Waals surface area contributed by atoms with Crippen LogP contribution in [0.3, 0.4) is 0 Å². The van der Waals surface area contributed by atoms with Crippen LogP contribution in [0.2, 0.25) is 0 Å². The van der Waals surface area contributed by atoms with Gasteiger partial charge in [0.25, 0.3) is 0 Å². The highest BCUT2D eigenvalue weighted by molar-refractivity contribution is 6.18. The van der Waals surface area contributed by atoms with E-state index in [1.807, 2.05) is 6.08 Å². The summed E-state index contributed by atoms with van der Waals surface area (Å²) in [4.78, 5) is 0. The van der Waals surface area contributed by atoms with Crippen LogP contribution in [-0.4, -0.2) is 5.88 Å². The van der Waals surface area contributed by atoms with Gasteiger partial charge in [0.1, 0.15) is 0 Å². The molecule has 1 heteroatoms. The maximum Gasteiger partial charge on any atom is 0.0254 e. The van der Waals surface area contributed by atoms with Crippen molar-refractivity contribution in [1.29, 1.82) is 0 Å². The molecule has 68 valence electrons. The minimum absolute atomic E-state index is 0.647. The highest BCUT2D eigenvalue weighted by Crippen LogP contribution is 2.27.